The summed E-state index contributed by atoms with van der Waals surface area (Å²) >= 11 is 0. The van der Waals surface area contributed by atoms with E-state index in [2.05, 4.69) is 0 Å². The molecule has 0 amide bonds. The monoisotopic (exact) mass is 415 g/mol. The minimum atomic E-state index is -4.20. The molecule has 0 saturated carbocycles. The fourth-order valence-corrected chi connectivity index (χ4v) is 2.95. The summed E-state index contributed by atoms with van der Waals surface area (Å²) in [5.74, 6) is -1.55. The molecule has 1 aromatic heterocycles. The van der Waals surface area contributed by atoms with Crippen LogP contribution in [0.2, 0.25) is 0 Å². The van der Waals surface area contributed by atoms with Crippen LogP contribution in [0.4, 0.5) is 23.2 Å². The van der Waals surface area contributed by atoms with Gasteiger partial charge in [0.2, 0.25) is 0 Å². The maximum absolute atomic E-state index is 13.2. The van der Waals surface area contributed by atoms with Crippen molar-refractivity contribution in [1.29, 1.82) is 0 Å². The van der Waals surface area contributed by atoms with Gasteiger partial charge in [0.15, 0.2) is 0 Å². The predicted octanol–water partition coefficient (Wildman–Crippen LogP) is 3.05. The summed E-state index contributed by atoms with van der Waals surface area (Å²) in [5.41, 5.74) is 5.67. The molecule has 0 radical (unpaired) electrons. The smallest absolute Gasteiger partial charge is 0.390 e. The molecule has 1 fully saturated rings. The van der Waals surface area contributed by atoms with E-state index < -0.39 is 30.4 Å². The number of carbonyl (C=O) groups is 1. The Morgan fingerprint density at radius 2 is 1.97 bits per heavy atom. The van der Waals surface area contributed by atoms with Crippen LogP contribution in [-0.2, 0) is 4.79 Å². The zero-order chi connectivity index (χ0) is 21.6. The van der Waals surface area contributed by atoms with Gasteiger partial charge >= 0.3 is 12.1 Å². The SMILES string of the molecule is Nc1ccc(-n2ccccc2=O)cc1F.O=C(O)C1CCCN1CCC(F)(F)F. The molecule has 1 saturated heterocycles. The molecular formula is C19H21F4N3O3. The van der Waals surface area contributed by atoms with E-state index in [-0.39, 0.29) is 17.8 Å². The molecule has 1 aliphatic heterocycles. The Morgan fingerprint density at radius 1 is 1.24 bits per heavy atom. The summed E-state index contributed by atoms with van der Waals surface area (Å²) in [7, 11) is 0. The Balaban J connectivity index is 0.000000208. The maximum Gasteiger partial charge on any atom is 0.390 e. The van der Waals surface area contributed by atoms with E-state index in [9.17, 15) is 27.2 Å². The normalized spacial score (nSPS) is 16.9. The third-order valence-electron chi connectivity index (χ3n) is 4.42. The summed E-state index contributed by atoms with van der Waals surface area (Å²) in [6, 6.07) is 8.29. The van der Waals surface area contributed by atoms with Crippen molar-refractivity contribution in [3.63, 3.8) is 0 Å². The number of nitrogens with two attached hydrogens (primary N) is 1. The number of likely N-dealkylation sites (tertiary alicyclic amines) is 1. The molecule has 2 heterocycles. The van der Waals surface area contributed by atoms with Gasteiger partial charge in [-0.25, -0.2) is 4.39 Å². The minimum Gasteiger partial charge on any atom is -0.480 e. The number of aromatic nitrogens is 1. The molecule has 3 rings (SSSR count). The van der Waals surface area contributed by atoms with Crippen LogP contribution in [0.3, 0.4) is 0 Å². The average Bonchev–Trinajstić information content (AvgIpc) is 3.12. The molecule has 29 heavy (non-hydrogen) atoms. The Labute approximate surface area is 164 Å². The second-order valence-electron chi connectivity index (χ2n) is 6.51. The van der Waals surface area contributed by atoms with Crippen molar-refractivity contribution in [3.8, 4) is 5.69 Å². The molecule has 3 N–H and O–H groups in total. The minimum absolute atomic E-state index is 0.0720. The van der Waals surface area contributed by atoms with Crippen molar-refractivity contribution < 1.29 is 27.5 Å². The number of pyridine rings is 1. The molecule has 1 aliphatic rings. The highest BCUT2D eigenvalue weighted by atomic mass is 19.4. The summed E-state index contributed by atoms with van der Waals surface area (Å²) in [6.07, 6.45) is -2.45. The molecule has 10 heteroatoms. The van der Waals surface area contributed by atoms with Gasteiger partial charge in [-0.05, 0) is 37.6 Å². The first kappa shape index (κ1) is 22.4. The number of carboxylic acid groups (broad SMARTS) is 1. The van der Waals surface area contributed by atoms with Gasteiger partial charge < -0.3 is 10.8 Å². The van der Waals surface area contributed by atoms with Crippen LogP contribution < -0.4 is 11.3 Å². The molecule has 0 aliphatic carbocycles. The lowest BCUT2D eigenvalue weighted by Gasteiger charge is -2.21. The predicted molar refractivity (Wildman–Crippen MR) is 99.3 cm³/mol. The number of benzene rings is 1. The number of aliphatic carboxylic acids is 1. The van der Waals surface area contributed by atoms with E-state index >= 15 is 0 Å². The third-order valence-corrected chi connectivity index (χ3v) is 4.42. The van der Waals surface area contributed by atoms with Crippen LogP contribution in [0.1, 0.15) is 19.3 Å². The quantitative estimate of drug-likeness (QED) is 0.592. The van der Waals surface area contributed by atoms with E-state index in [0.29, 0.717) is 25.1 Å². The van der Waals surface area contributed by atoms with E-state index in [4.69, 9.17) is 10.8 Å². The fraction of sp³-hybridized carbons (Fsp3) is 0.368. The number of hydrogen-bond donors (Lipinski definition) is 2. The number of rotatable bonds is 4. The zero-order valence-corrected chi connectivity index (χ0v) is 15.4. The molecule has 158 valence electrons. The number of halogens is 4. The van der Waals surface area contributed by atoms with Gasteiger partial charge in [0, 0.05) is 24.9 Å². The highest BCUT2D eigenvalue weighted by Gasteiger charge is 2.34. The second-order valence-corrected chi connectivity index (χ2v) is 6.51. The second kappa shape index (κ2) is 9.55. The van der Waals surface area contributed by atoms with Crippen molar-refractivity contribution in [2.75, 3.05) is 18.8 Å². The maximum atomic E-state index is 13.2. The van der Waals surface area contributed by atoms with Gasteiger partial charge in [-0.1, -0.05) is 6.07 Å². The summed E-state index contributed by atoms with van der Waals surface area (Å²) < 4.78 is 50.1. The van der Waals surface area contributed by atoms with Crippen molar-refractivity contribution in [2.24, 2.45) is 0 Å². The topological polar surface area (TPSA) is 88.6 Å². The van der Waals surface area contributed by atoms with E-state index in [1.807, 2.05) is 0 Å². The van der Waals surface area contributed by atoms with E-state index in [0.717, 1.165) is 0 Å². The number of nitrogens with zero attached hydrogens (tertiary/aromatic N) is 2. The van der Waals surface area contributed by atoms with Crippen LogP contribution in [0, 0.1) is 5.82 Å². The summed E-state index contributed by atoms with van der Waals surface area (Å²) in [5, 5.41) is 8.69. The van der Waals surface area contributed by atoms with Gasteiger partial charge in [-0.3, -0.25) is 19.1 Å². The Kier molecular flexibility index (Phi) is 7.38. The fourth-order valence-electron chi connectivity index (χ4n) is 2.95. The van der Waals surface area contributed by atoms with Crippen LogP contribution in [0.25, 0.3) is 5.69 Å². The lowest BCUT2D eigenvalue weighted by atomic mass is 10.2. The van der Waals surface area contributed by atoms with Gasteiger partial charge in [-0.15, -0.1) is 0 Å². The third kappa shape index (κ3) is 6.60. The van der Waals surface area contributed by atoms with Crippen molar-refractivity contribution in [1.82, 2.24) is 9.47 Å². The number of anilines is 1. The number of carboxylic acids is 1. The van der Waals surface area contributed by atoms with Crippen LogP contribution in [0.5, 0.6) is 0 Å². The van der Waals surface area contributed by atoms with Crippen molar-refractivity contribution in [2.45, 2.75) is 31.5 Å². The lowest BCUT2D eigenvalue weighted by molar-refractivity contribution is -0.148. The standard InChI is InChI=1S/C11H9FN2O.C8H12F3NO2/c12-9-7-8(4-5-10(9)13)14-6-2-1-3-11(14)15;9-8(10,11)3-5-12-4-1-2-6(12)7(13)14/h1-7H,13H2;6H,1-5H2,(H,13,14). The molecule has 1 aromatic carbocycles. The summed E-state index contributed by atoms with van der Waals surface area (Å²) in [4.78, 5) is 23.4. The summed E-state index contributed by atoms with van der Waals surface area (Å²) in [6.45, 7) is 0.244. The Hall–Kier alpha value is -2.88. The van der Waals surface area contributed by atoms with Gasteiger partial charge in [0.1, 0.15) is 11.9 Å². The molecule has 0 spiro atoms. The number of hydrogen-bond acceptors (Lipinski definition) is 4. The largest absolute Gasteiger partial charge is 0.480 e. The lowest BCUT2D eigenvalue weighted by Crippen LogP contribution is -2.37. The highest BCUT2D eigenvalue weighted by molar-refractivity contribution is 5.73. The zero-order valence-electron chi connectivity index (χ0n) is 15.4. The number of alkyl halides is 3. The van der Waals surface area contributed by atoms with Gasteiger partial charge in [-0.2, -0.15) is 13.2 Å². The van der Waals surface area contributed by atoms with Crippen molar-refractivity contribution in [3.05, 3.63) is 58.8 Å². The molecule has 2 aromatic rings. The van der Waals surface area contributed by atoms with Crippen LogP contribution >= 0.6 is 0 Å². The van der Waals surface area contributed by atoms with Crippen LogP contribution in [-0.4, -0.2) is 45.9 Å². The first-order valence-electron chi connectivity index (χ1n) is 8.85. The molecule has 6 nitrogen and oxygen atoms in total. The molecule has 0 bridgehead atoms. The van der Waals surface area contributed by atoms with Crippen molar-refractivity contribution >= 4 is 11.7 Å². The molecule has 1 unspecified atom stereocenters. The molecular weight excluding hydrogens is 394 g/mol. The van der Waals surface area contributed by atoms with E-state index in [1.165, 1.54) is 27.7 Å². The van der Waals surface area contributed by atoms with Crippen LogP contribution in [0.15, 0.2) is 47.4 Å². The Bertz CT molecular complexity index is 899. The highest BCUT2D eigenvalue weighted by Crippen LogP contribution is 2.23. The average molecular weight is 415 g/mol. The first-order valence-corrected chi connectivity index (χ1v) is 8.85. The first-order chi connectivity index (χ1) is 13.6. The Morgan fingerprint density at radius 3 is 2.55 bits per heavy atom. The molecule has 1 atom stereocenters. The van der Waals surface area contributed by atoms with E-state index in [1.54, 1.807) is 24.4 Å². The van der Waals surface area contributed by atoms with Gasteiger partial charge in [0.25, 0.3) is 5.56 Å². The van der Waals surface area contributed by atoms with Gasteiger partial charge in [0.05, 0.1) is 17.8 Å². The number of nitrogen functional groups attached to an aromatic ring is 1.